The van der Waals surface area contributed by atoms with E-state index in [-0.39, 0.29) is 74.1 Å². The predicted octanol–water partition coefficient (Wildman–Crippen LogP) is 11.7. The van der Waals surface area contributed by atoms with Gasteiger partial charge >= 0.3 is 33.9 Å². The summed E-state index contributed by atoms with van der Waals surface area (Å²) in [7, 11) is -7.71. The Morgan fingerprint density at radius 1 is 0.774 bits per heavy atom. The van der Waals surface area contributed by atoms with Crippen LogP contribution in [0.5, 0.6) is 11.5 Å². The van der Waals surface area contributed by atoms with Gasteiger partial charge in [0.1, 0.15) is 30.2 Å². The SMILES string of the molecule is CCCCOC(=O)c1ccccc1C1=c2cc3c(cc2Oc2cc4c(cc21)C(C)=CC(C)(C)N4CC)=[N+](CC)C(C)(C)C=C3C.[C-]#[N+]c1nc(N=Nc2ccc(N3CCCC3)cc2[N-]S(=O)(=O)C(F)(F)F)n(C)c1[N+]#[C-].[CH2-]c1cc(N2CCCC2)ccc1N=Nc1nc(C#N)c(C#N)n1C.[Ni+2].[O-][Cl+3]([O-])([O-])[O-]. The number of aromatic nitrogens is 4. The summed E-state index contributed by atoms with van der Waals surface area (Å²) >= 11 is 0. The number of hydrogen-bond acceptors (Lipinski definition) is 20. The van der Waals surface area contributed by atoms with Gasteiger partial charge in [0.05, 0.1) is 36.5 Å². The van der Waals surface area contributed by atoms with Crippen molar-refractivity contribution in [2.24, 2.45) is 34.6 Å². The number of halogens is 4. The summed E-state index contributed by atoms with van der Waals surface area (Å²) in [6.07, 6.45) is 10.8. The van der Waals surface area contributed by atoms with Gasteiger partial charge in [-0.3, -0.25) is 0 Å². The van der Waals surface area contributed by atoms with Crippen molar-refractivity contribution in [2.45, 2.75) is 117 Å². The van der Waals surface area contributed by atoms with Crippen LogP contribution in [0.15, 0.2) is 118 Å². The summed E-state index contributed by atoms with van der Waals surface area (Å²) in [5, 5.41) is 36.0. The zero-order valence-corrected chi connectivity index (χ0v) is 62.7. The van der Waals surface area contributed by atoms with E-state index in [0.29, 0.717) is 36.6 Å². The van der Waals surface area contributed by atoms with Crippen molar-refractivity contribution in [1.82, 2.24) is 23.7 Å². The third-order valence-corrected chi connectivity index (χ3v) is 19.2. The third-order valence-electron chi connectivity index (χ3n) is 18.2. The first-order valence-electron chi connectivity index (χ1n) is 33.5. The standard InChI is InChI=1S/C40H47N2O3.C17H14F3N8O2S.C17H16N7.ClHO4.Ni/c1-10-13-18-44-38(43)28-17-15-14-16-27(28)37-31-19-29-25(4)23-39(6,7)41(11-2)33(29)21-35(31)45-36-22-34-30(20-32(36)37)26(5)24-40(8,9)42(34)12-3;1-21-14-15(22-2)27(3)16(23-14)25-24-12-7-6-11(28-8-4-5-9-28)10-13(12)26-31(29,30)17(18,19)20;1-12-9-13(24-7-3-4-8-24)5-6-14(12)21-22-17-20-15(10-18)16(11-19)23(17)2;2-1(3,4)5;/h14-17,19-24H,10-13,18H2,1-9H3;6-7,10H,4-5,8-9H2,3H3;5-6,9H,1,3-4,7-8H2,2H3;(H,2,3,4,5);/q+1;2*-1;;+2/p-1. The monoisotopic (exact) mass is 1530 g/mol. The Hall–Kier alpha value is -10.5. The second kappa shape index (κ2) is 33.3. The van der Waals surface area contributed by atoms with Crippen molar-refractivity contribution in [3.8, 4) is 23.6 Å². The number of esters is 1. The van der Waals surface area contributed by atoms with Gasteiger partial charge in [0.15, 0.2) is 27.0 Å². The van der Waals surface area contributed by atoms with Crippen molar-refractivity contribution >= 4 is 90.4 Å². The van der Waals surface area contributed by atoms with E-state index in [1.54, 1.807) is 13.1 Å². The number of sulfonamides is 1. The molecule has 0 aliphatic carbocycles. The van der Waals surface area contributed by atoms with E-state index in [9.17, 15) is 26.4 Å². The molecule has 0 spiro atoms. The molecule has 0 radical (unpaired) electrons. The van der Waals surface area contributed by atoms with E-state index in [1.165, 1.54) is 74.5 Å². The third kappa shape index (κ3) is 17.9. The smallest absolute Gasteiger partial charge is 0.568 e. The second-order valence-corrected chi connectivity index (χ2v) is 28.4. The molecule has 0 N–H and O–H groups in total. The predicted molar refractivity (Wildman–Crippen MR) is 381 cm³/mol. The fourth-order valence-electron chi connectivity index (χ4n) is 13.3. The Morgan fingerprint density at radius 2 is 1.37 bits per heavy atom. The van der Waals surface area contributed by atoms with Gasteiger partial charge in [0.2, 0.25) is 11.3 Å². The molecule has 5 aromatic carbocycles. The number of benzene rings is 5. The topological polar surface area (TPSA) is 330 Å². The van der Waals surface area contributed by atoms with Crippen molar-refractivity contribution in [2.75, 3.05) is 60.6 Å². The van der Waals surface area contributed by atoms with Crippen LogP contribution in [0.2, 0.25) is 0 Å². The van der Waals surface area contributed by atoms with Gasteiger partial charge in [0, 0.05) is 98.5 Å². The molecule has 26 nitrogen and oxygen atoms in total. The van der Waals surface area contributed by atoms with Crippen LogP contribution in [-0.2, 0) is 45.3 Å². The summed E-state index contributed by atoms with van der Waals surface area (Å²) in [5.41, 5.74) is 6.16. The molecule has 106 heavy (non-hydrogen) atoms. The maximum atomic E-state index is 13.6. The molecule has 32 heteroatoms. The van der Waals surface area contributed by atoms with Crippen LogP contribution in [0, 0.1) is 53.0 Å². The van der Waals surface area contributed by atoms with Crippen molar-refractivity contribution < 1.29 is 81.2 Å². The zero-order chi connectivity index (χ0) is 76.7. The number of fused-ring (bicyclic) bond motifs is 4. The summed E-state index contributed by atoms with van der Waals surface area (Å²) in [6.45, 7) is 43.8. The fraction of sp³-hybridized carbons (Fsp3) is 0.365. The van der Waals surface area contributed by atoms with Crippen LogP contribution in [0.3, 0.4) is 0 Å². The molecule has 2 aromatic heterocycles. The Labute approximate surface area is 625 Å². The number of ether oxygens (including phenoxy) is 2. The summed E-state index contributed by atoms with van der Waals surface area (Å²) in [6, 6.07) is 30.6. The number of azo groups is 2. The summed E-state index contributed by atoms with van der Waals surface area (Å²) in [5.74, 6) is 1.09. The molecule has 0 bridgehead atoms. The normalized spacial score (nSPS) is 15.4. The average Bonchev–Trinajstić information content (AvgIpc) is 0.924. The zero-order valence-electron chi connectivity index (χ0n) is 60.2. The summed E-state index contributed by atoms with van der Waals surface area (Å²) in [4.78, 5) is 34.4. The van der Waals surface area contributed by atoms with Crippen LogP contribution < -0.4 is 53.2 Å². The van der Waals surface area contributed by atoms with Crippen LogP contribution in [-0.4, -0.2) is 96.0 Å². The number of alkyl halides is 3. The number of rotatable bonds is 15. The first-order valence-corrected chi connectivity index (χ1v) is 36.2. The van der Waals surface area contributed by atoms with Crippen LogP contribution in [0.1, 0.15) is 150 Å². The van der Waals surface area contributed by atoms with Gasteiger partial charge in [-0.15, -0.1) is 26.5 Å². The molecule has 0 atom stereocenters. The minimum atomic E-state index is -5.81. The quantitative estimate of drug-likeness (QED) is 0.0230. The molecule has 12 rings (SSSR count). The summed E-state index contributed by atoms with van der Waals surface area (Å²) < 4.78 is 116. The van der Waals surface area contributed by atoms with Gasteiger partial charge in [-0.2, -0.15) is 41.2 Å². The van der Waals surface area contributed by atoms with Gasteiger partial charge in [0.25, 0.3) is 11.6 Å². The minimum Gasteiger partial charge on any atom is -0.568 e. The Balaban J connectivity index is 0.000000203. The molecule has 2 saturated heterocycles. The Bertz CT molecular complexity index is 5100. The van der Waals surface area contributed by atoms with E-state index in [0.717, 1.165) is 96.5 Å². The number of unbranched alkanes of at least 4 members (excludes halogenated alkanes) is 1. The first-order chi connectivity index (χ1) is 49.6. The molecule has 0 saturated carbocycles. The molecule has 5 aliphatic heterocycles. The van der Waals surface area contributed by atoms with Gasteiger partial charge in [-0.25, -0.2) is 46.1 Å². The number of likely N-dealkylation sites (N-methyl/N-ethyl adjacent to an activating group) is 2. The van der Waals surface area contributed by atoms with Crippen LogP contribution in [0.25, 0.3) is 31.1 Å². The van der Waals surface area contributed by atoms with Gasteiger partial charge < -0.3 is 43.2 Å². The number of allylic oxidation sites excluding steroid dienone is 2. The molecular weight excluding hydrogens is 1450 g/mol. The molecular formula is C74H77ClF3N17NiO9S. The maximum Gasteiger partial charge on any atom is 2.00 e. The number of nitriles is 2. The number of anilines is 3. The number of carbonyl (C=O) groups is 1. The van der Waals surface area contributed by atoms with E-state index >= 15 is 0 Å². The number of nitrogens with zero attached hydrogens (tertiary/aromatic N) is 17. The largest absolute Gasteiger partial charge is 2.00 e. The van der Waals surface area contributed by atoms with Gasteiger partial charge in [-0.1, -0.05) is 84.7 Å². The maximum absolute atomic E-state index is 13.6. The minimum absolute atomic E-state index is 0. The van der Waals surface area contributed by atoms with E-state index in [1.807, 2.05) is 53.4 Å². The molecule has 2 fully saturated rings. The van der Waals surface area contributed by atoms with E-state index in [4.69, 9.17) is 51.8 Å². The van der Waals surface area contributed by atoms with E-state index < -0.39 is 31.5 Å². The second-order valence-electron chi connectivity index (χ2n) is 26.1. The number of carbonyl (C=O) groups excluding carboxylic acids is 1. The van der Waals surface area contributed by atoms with Crippen molar-refractivity contribution in [3.05, 3.63) is 187 Å². The van der Waals surface area contributed by atoms with Crippen molar-refractivity contribution in [3.63, 3.8) is 0 Å². The van der Waals surface area contributed by atoms with Crippen molar-refractivity contribution in [1.29, 1.82) is 10.5 Å². The van der Waals surface area contributed by atoms with Crippen LogP contribution >= 0.6 is 0 Å². The Morgan fingerprint density at radius 3 is 1.92 bits per heavy atom. The molecule has 5 aliphatic rings. The molecule has 7 heterocycles. The molecule has 7 aromatic rings. The number of imidazole rings is 2. The van der Waals surface area contributed by atoms with E-state index in [2.05, 4.69) is 171 Å². The van der Waals surface area contributed by atoms with Crippen LogP contribution in [0.4, 0.5) is 70.8 Å². The molecule has 0 amide bonds. The van der Waals surface area contributed by atoms with Gasteiger partial charge in [-0.05, 0) is 138 Å². The average molecular weight is 1530 g/mol. The molecule has 556 valence electrons. The number of hydrogen-bond donors (Lipinski definition) is 0. The molecule has 0 unspecified atom stereocenters. The fourth-order valence-corrected chi connectivity index (χ4v) is 13.8. The Kier molecular flexibility index (Phi) is 25.5. The first kappa shape index (κ1) is 81.2.